The van der Waals surface area contributed by atoms with E-state index in [1.54, 1.807) is 30.3 Å². The number of nitrogens with one attached hydrogen (secondary N) is 2. The largest absolute Gasteiger partial charge is 0.493 e. The van der Waals surface area contributed by atoms with Gasteiger partial charge < -0.3 is 25.2 Å². The molecule has 1 heterocycles. The molecule has 2 aromatic carbocycles. The predicted octanol–water partition coefficient (Wildman–Crippen LogP) is 4.00. The summed E-state index contributed by atoms with van der Waals surface area (Å²) in [6, 6.07) is 10.8. The van der Waals surface area contributed by atoms with Gasteiger partial charge in [-0.05, 0) is 50.7 Å². The normalized spacial score (nSPS) is 14.5. The Bertz CT molecular complexity index is 1020. The lowest BCUT2D eigenvalue weighted by Gasteiger charge is -2.34. The molecule has 0 saturated carbocycles. The molecule has 0 aromatic heterocycles. The summed E-state index contributed by atoms with van der Waals surface area (Å²) in [5.74, 6) is -0.426. The van der Waals surface area contributed by atoms with Crippen molar-refractivity contribution in [1.29, 1.82) is 0 Å². The fraction of sp³-hybridized carbons (Fsp3) is 0.440. The number of hydrogen-bond acceptors (Lipinski definition) is 5. The number of benzene rings is 2. The number of nitrogens with zero attached hydrogens (tertiary/aromatic N) is 2. The van der Waals surface area contributed by atoms with Gasteiger partial charge in [-0.1, -0.05) is 12.1 Å². The minimum absolute atomic E-state index is 0.0368. The Labute approximate surface area is 203 Å². The molecule has 0 unspecified atom stereocenters. The summed E-state index contributed by atoms with van der Waals surface area (Å²) in [4.78, 5) is 28.8. The minimum atomic E-state index is -4.60. The number of piperazine rings is 1. The second-order valence-corrected chi connectivity index (χ2v) is 8.35. The highest BCUT2D eigenvalue weighted by Gasteiger charge is 2.35. The van der Waals surface area contributed by atoms with Crippen molar-refractivity contribution in [3.05, 3.63) is 53.6 Å². The number of para-hydroxylation sites is 1. The van der Waals surface area contributed by atoms with E-state index in [0.29, 0.717) is 36.7 Å². The third kappa shape index (κ3) is 7.35. The summed E-state index contributed by atoms with van der Waals surface area (Å²) in [6.07, 6.45) is -4.37. The standard InChI is InChI=1S/C25H31F3N4O3/c1-3-35-22-8-5-4-7-19(22)24(34)29-12-6-9-23(33)30-21-11-10-18(17-20(21)25(26,27)28)32-15-13-31(2)14-16-32/h4-5,7-8,10-11,17H,3,6,9,12-16H2,1-2H3,(H,29,34)(H,30,33). The molecule has 0 radical (unpaired) electrons. The van der Waals surface area contributed by atoms with Crippen LogP contribution in [0.2, 0.25) is 0 Å². The number of rotatable bonds is 9. The third-order valence-corrected chi connectivity index (χ3v) is 5.75. The number of ether oxygens (including phenoxy) is 1. The SMILES string of the molecule is CCOc1ccccc1C(=O)NCCCC(=O)Nc1ccc(N2CCN(C)CC2)cc1C(F)(F)F. The summed E-state index contributed by atoms with van der Waals surface area (Å²) in [6.45, 7) is 5.25. The van der Waals surface area contributed by atoms with E-state index in [-0.39, 0.29) is 31.0 Å². The van der Waals surface area contributed by atoms with Gasteiger partial charge in [0.15, 0.2) is 0 Å². The van der Waals surface area contributed by atoms with Gasteiger partial charge in [0.1, 0.15) is 5.75 Å². The molecule has 0 bridgehead atoms. The summed E-state index contributed by atoms with van der Waals surface area (Å²) >= 11 is 0. The van der Waals surface area contributed by atoms with E-state index in [1.807, 2.05) is 18.9 Å². The summed E-state index contributed by atoms with van der Waals surface area (Å²) < 4.78 is 46.6. The number of amides is 2. The fourth-order valence-corrected chi connectivity index (χ4v) is 3.83. The van der Waals surface area contributed by atoms with Crippen LogP contribution in [0.1, 0.15) is 35.7 Å². The van der Waals surface area contributed by atoms with Gasteiger partial charge in [-0.3, -0.25) is 9.59 Å². The van der Waals surface area contributed by atoms with E-state index in [9.17, 15) is 22.8 Å². The van der Waals surface area contributed by atoms with Gasteiger partial charge >= 0.3 is 6.18 Å². The number of anilines is 2. The molecule has 3 rings (SSSR count). The average molecular weight is 493 g/mol. The zero-order valence-electron chi connectivity index (χ0n) is 20.0. The van der Waals surface area contributed by atoms with E-state index in [2.05, 4.69) is 15.5 Å². The van der Waals surface area contributed by atoms with E-state index in [0.717, 1.165) is 19.2 Å². The molecule has 10 heteroatoms. The second-order valence-electron chi connectivity index (χ2n) is 8.35. The van der Waals surface area contributed by atoms with Crippen LogP contribution < -0.4 is 20.3 Å². The number of carbonyl (C=O) groups excluding carboxylic acids is 2. The van der Waals surface area contributed by atoms with Gasteiger partial charge in [-0.25, -0.2) is 0 Å². The summed E-state index contributed by atoms with van der Waals surface area (Å²) in [5, 5.41) is 5.09. The Kier molecular flexibility index (Phi) is 8.97. The number of carbonyl (C=O) groups is 2. The van der Waals surface area contributed by atoms with Crippen molar-refractivity contribution in [3.63, 3.8) is 0 Å². The molecule has 35 heavy (non-hydrogen) atoms. The van der Waals surface area contributed by atoms with E-state index >= 15 is 0 Å². The lowest BCUT2D eigenvalue weighted by atomic mass is 10.1. The maximum atomic E-state index is 13.7. The van der Waals surface area contributed by atoms with Gasteiger partial charge in [0, 0.05) is 44.8 Å². The molecule has 1 saturated heterocycles. The lowest BCUT2D eigenvalue weighted by Crippen LogP contribution is -2.44. The zero-order valence-corrected chi connectivity index (χ0v) is 20.0. The minimum Gasteiger partial charge on any atom is -0.493 e. The molecular formula is C25H31F3N4O3. The smallest absolute Gasteiger partial charge is 0.418 e. The van der Waals surface area contributed by atoms with E-state index < -0.39 is 17.6 Å². The molecule has 2 amide bonds. The molecule has 1 aliphatic heterocycles. The Balaban J connectivity index is 1.55. The highest BCUT2D eigenvalue weighted by molar-refractivity contribution is 5.97. The van der Waals surface area contributed by atoms with Gasteiger partial charge in [-0.15, -0.1) is 0 Å². The second kappa shape index (κ2) is 11.9. The van der Waals surface area contributed by atoms with Crippen LogP contribution >= 0.6 is 0 Å². The average Bonchev–Trinajstić information content (AvgIpc) is 2.82. The molecule has 0 aliphatic carbocycles. The first-order valence-electron chi connectivity index (χ1n) is 11.6. The first kappa shape index (κ1) is 26.3. The molecule has 0 atom stereocenters. The van der Waals surface area contributed by atoms with Crippen LogP contribution in [0.15, 0.2) is 42.5 Å². The van der Waals surface area contributed by atoms with E-state index in [4.69, 9.17) is 4.74 Å². The predicted molar refractivity (Wildman–Crippen MR) is 129 cm³/mol. The van der Waals surface area contributed by atoms with Crippen LogP contribution in [0.5, 0.6) is 5.75 Å². The van der Waals surface area contributed by atoms with Crippen molar-refractivity contribution in [1.82, 2.24) is 10.2 Å². The van der Waals surface area contributed by atoms with E-state index in [1.165, 1.54) is 6.07 Å². The van der Waals surface area contributed by atoms with Crippen molar-refractivity contribution in [2.24, 2.45) is 0 Å². The maximum Gasteiger partial charge on any atom is 0.418 e. The highest BCUT2D eigenvalue weighted by Crippen LogP contribution is 2.37. The van der Waals surface area contributed by atoms with Crippen LogP contribution in [0.3, 0.4) is 0 Å². The van der Waals surface area contributed by atoms with Crippen molar-refractivity contribution in [2.45, 2.75) is 25.9 Å². The Hall–Kier alpha value is -3.27. The lowest BCUT2D eigenvalue weighted by molar-refractivity contribution is -0.136. The topological polar surface area (TPSA) is 73.9 Å². The molecule has 1 aliphatic rings. The van der Waals surface area contributed by atoms with Gasteiger partial charge in [0.25, 0.3) is 5.91 Å². The third-order valence-electron chi connectivity index (χ3n) is 5.75. The molecule has 0 spiro atoms. The molecule has 190 valence electrons. The van der Waals surface area contributed by atoms with Crippen LogP contribution in [0.25, 0.3) is 0 Å². The number of likely N-dealkylation sites (N-methyl/N-ethyl adjacent to an activating group) is 1. The zero-order chi connectivity index (χ0) is 25.4. The Morgan fingerprint density at radius 1 is 1.06 bits per heavy atom. The first-order chi connectivity index (χ1) is 16.7. The Morgan fingerprint density at radius 3 is 2.46 bits per heavy atom. The molecule has 1 fully saturated rings. The highest BCUT2D eigenvalue weighted by atomic mass is 19.4. The number of halogens is 3. The van der Waals surface area contributed by atoms with Crippen molar-refractivity contribution >= 4 is 23.2 Å². The van der Waals surface area contributed by atoms with Crippen LogP contribution in [-0.4, -0.2) is 63.1 Å². The molecule has 2 aromatic rings. The Morgan fingerprint density at radius 2 is 1.77 bits per heavy atom. The van der Waals surface area contributed by atoms with Crippen molar-refractivity contribution in [2.75, 3.05) is 56.6 Å². The van der Waals surface area contributed by atoms with Crippen LogP contribution in [0, 0.1) is 0 Å². The quantitative estimate of drug-likeness (QED) is 0.518. The van der Waals surface area contributed by atoms with Gasteiger partial charge in [0.2, 0.25) is 5.91 Å². The van der Waals surface area contributed by atoms with Crippen LogP contribution in [-0.2, 0) is 11.0 Å². The number of hydrogen-bond donors (Lipinski definition) is 2. The van der Waals surface area contributed by atoms with Gasteiger partial charge in [-0.2, -0.15) is 13.2 Å². The molecule has 7 nitrogen and oxygen atoms in total. The van der Waals surface area contributed by atoms with Crippen LogP contribution in [0.4, 0.5) is 24.5 Å². The summed E-state index contributed by atoms with van der Waals surface area (Å²) in [5.41, 5.74) is -0.273. The number of alkyl halides is 3. The molecule has 2 N–H and O–H groups in total. The maximum absolute atomic E-state index is 13.7. The van der Waals surface area contributed by atoms with Crippen molar-refractivity contribution in [3.8, 4) is 5.75 Å². The summed E-state index contributed by atoms with van der Waals surface area (Å²) in [7, 11) is 1.97. The molecular weight excluding hydrogens is 461 g/mol. The first-order valence-corrected chi connectivity index (χ1v) is 11.6. The fourth-order valence-electron chi connectivity index (χ4n) is 3.83. The van der Waals surface area contributed by atoms with Gasteiger partial charge in [0.05, 0.1) is 23.4 Å². The monoisotopic (exact) mass is 492 g/mol. The van der Waals surface area contributed by atoms with Crippen molar-refractivity contribution < 1.29 is 27.5 Å².